The van der Waals surface area contributed by atoms with E-state index in [0.717, 1.165) is 24.4 Å². The van der Waals surface area contributed by atoms with E-state index in [-0.39, 0.29) is 0 Å². The monoisotopic (exact) mass is 279 g/mol. The maximum absolute atomic E-state index is 5.87. The Morgan fingerprint density at radius 1 is 1.14 bits per heavy atom. The van der Waals surface area contributed by atoms with Crippen molar-refractivity contribution in [3.63, 3.8) is 0 Å². The number of imidazole rings is 1. The van der Waals surface area contributed by atoms with Gasteiger partial charge in [0.25, 0.3) is 0 Å². The van der Waals surface area contributed by atoms with Crippen LogP contribution in [0.3, 0.4) is 0 Å². The first-order valence-corrected chi connectivity index (χ1v) is 7.56. The van der Waals surface area contributed by atoms with Crippen LogP contribution in [0.25, 0.3) is 22.0 Å². The van der Waals surface area contributed by atoms with Gasteiger partial charge in [-0.25, -0.2) is 4.98 Å². The number of aromatic amines is 1. The maximum atomic E-state index is 5.87. The lowest BCUT2D eigenvalue weighted by molar-refractivity contribution is 0.595. The van der Waals surface area contributed by atoms with E-state index in [1.54, 1.807) is 0 Å². The van der Waals surface area contributed by atoms with Crippen molar-refractivity contribution >= 4 is 10.8 Å². The van der Waals surface area contributed by atoms with Gasteiger partial charge in [-0.1, -0.05) is 55.8 Å². The van der Waals surface area contributed by atoms with Gasteiger partial charge in [0.05, 0.1) is 11.9 Å². The molecule has 0 saturated carbocycles. The molecule has 0 spiro atoms. The zero-order chi connectivity index (χ0) is 14.7. The highest BCUT2D eigenvalue weighted by Gasteiger charge is 2.14. The number of hydrogen-bond acceptors (Lipinski definition) is 2. The van der Waals surface area contributed by atoms with Gasteiger partial charge >= 0.3 is 0 Å². The van der Waals surface area contributed by atoms with Crippen LogP contribution in [0.5, 0.6) is 0 Å². The van der Waals surface area contributed by atoms with Crippen molar-refractivity contribution in [3.05, 3.63) is 54.5 Å². The van der Waals surface area contributed by atoms with E-state index < -0.39 is 0 Å². The molecule has 21 heavy (non-hydrogen) atoms. The minimum absolute atomic E-state index is 0.318. The van der Waals surface area contributed by atoms with Crippen molar-refractivity contribution in [3.8, 4) is 11.3 Å². The fraction of sp³-hybridized carbons (Fsp3) is 0.278. The molecule has 2 aromatic carbocycles. The molecule has 0 radical (unpaired) electrons. The SMILES string of the molecule is CCCC(CN)c1ncc(-c2cccc3ccccc23)[nH]1. The van der Waals surface area contributed by atoms with E-state index in [0.29, 0.717) is 12.5 Å². The van der Waals surface area contributed by atoms with Crippen LogP contribution < -0.4 is 5.73 Å². The van der Waals surface area contributed by atoms with Gasteiger partial charge in [0.15, 0.2) is 0 Å². The third-order valence-corrected chi connectivity index (χ3v) is 3.98. The third kappa shape index (κ3) is 2.69. The summed E-state index contributed by atoms with van der Waals surface area (Å²) in [5.41, 5.74) is 8.13. The topological polar surface area (TPSA) is 54.7 Å². The van der Waals surface area contributed by atoms with Gasteiger partial charge in [0.2, 0.25) is 0 Å². The molecule has 0 fully saturated rings. The van der Waals surface area contributed by atoms with Crippen molar-refractivity contribution in [2.75, 3.05) is 6.54 Å². The summed E-state index contributed by atoms with van der Waals surface area (Å²) in [7, 11) is 0. The number of fused-ring (bicyclic) bond motifs is 1. The Balaban J connectivity index is 2.02. The minimum atomic E-state index is 0.318. The van der Waals surface area contributed by atoms with E-state index in [1.165, 1.54) is 16.3 Å². The molecule has 108 valence electrons. The van der Waals surface area contributed by atoms with Gasteiger partial charge in [-0.2, -0.15) is 0 Å². The Morgan fingerprint density at radius 2 is 1.95 bits per heavy atom. The van der Waals surface area contributed by atoms with Crippen LogP contribution in [0.1, 0.15) is 31.5 Å². The first-order chi connectivity index (χ1) is 10.3. The summed E-state index contributed by atoms with van der Waals surface area (Å²) >= 11 is 0. The zero-order valence-corrected chi connectivity index (χ0v) is 12.3. The maximum Gasteiger partial charge on any atom is 0.110 e. The number of nitrogens with one attached hydrogen (secondary N) is 1. The Kier molecular flexibility index (Phi) is 4.02. The molecule has 0 aliphatic carbocycles. The molecule has 3 nitrogen and oxygen atoms in total. The molecule has 1 atom stereocenters. The van der Waals surface area contributed by atoms with Gasteiger partial charge in [0, 0.05) is 18.0 Å². The average molecular weight is 279 g/mol. The minimum Gasteiger partial charge on any atom is -0.342 e. The summed E-state index contributed by atoms with van der Waals surface area (Å²) < 4.78 is 0. The normalized spacial score (nSPS) is 12.7. The zero-order valence-electron chi connectivity index (χ0n) is 12.3. The molecule has 1 aromatic heterocycles. The second-order valence-electron chi connectivity index (χ2n) is 5.43. The van der Waals surface area contributed by atoms with Crippen LogP contribution in [0.2, 0.25) is 0 Å². The average Bonchev–Trinajstić information content (AvgIpc) is 3.01. The summed E-state index contributed by atoms with van der Waals surface area (Å²) in [5, 5.41) is 2.49. The molecular weight excluding hydrogens is 258 g/mol. The summed E-state index contributed by atoms with van der Waals surface area (Å²) in [5.74, 6) is 1.32. The molecule has 3 rings (SSSR count). The van der Waals surface area contributed by atoms with Gasteiger partial charge in [-0.3, -0.25) is 0 Å². The van der Waals surface area contributed by atoms with Crippen LogP contribution in [0, 0.1) is 0 Å². The van der Waals surface area contributed by atoms with Crippen LogP contribution in [-0.4, -0.2) is 16.5 Å². The van der Waals surface area contributed by atoms with Gasteiger partial charge in [-0.05, 0) is 17.2 Å². The Bertz CT molecular complexity index is 725. The van der Waals surface area contributed by atoms with Gasteiger partial charge in [0.1, 0.15) is 5.82 Å². The summed E-state index contributed by atoms with van der Waals surface area (Å²) in [6, 6.07) is 14.8. The van der Waals surface area contributed by atoms with Crippen molar-refractivity contribution in [1.29, 1.82) is 0 Å². The van der Waals surface area contributed by atoms with Gasteiger partial charge in [-0.15, -0.1) is 0 Å². The molecule has 3 aromatic rings. The van der Waals surface area contributed by atoms with Crippen molar-refractivity contribution in [2.45, 2.75) is 25.7 Å². The predicted molar refractivity (Wildman–Crippen MR) is 88.2 cm³/mol. The second-order valence-corrected chi connectivity index (χ2v) is 5.43. The number of nitrogens with two attached hydrogens (primary N) is 1. The number of benzene rings is 2. The standard InChI is InChI=1S/C18H21N3/c1-2-6-14(11-19)18-20-12-17(21-18)16-10-5-8-13-7-3-4-9-15(13)16/h3-5,7-10,12,14H,2,6,11,19H2,1H3,(H,20,21). The highest BCUT2D eigenvalue weighted by molar-refractivity contribution is 5.95. The molecule has 3 heteroatoms. The number of hydrogen-bond donors (Lipinski definition) is 2. The predicted octanol–water partition coefficient (Wildman–Crippen LogP) is 4.07. The largest absolute Gasteiger partial charge is 0.342 e. The highest BCUT2D eigenvalue weighted by atomic mass is 14.9. The van der Waals surface area contributed by atoms with Crippen LogP contribution >= 0.6 is 0 Å². The highest BCUT2D eigenvalue weighted by Crippen LogP contribution is 2.28. The quantitative estimate of drug-likeness (QED) is 0.739. The Morgan fingerprint density at radius 3 is 2.76 bits per heavy atom. The lowest BCUT2D eigenvalue weighted by atomic mass is 10.0. The number of rotatable bonds is 5. The lowest BCUT2D eigenvalue weighted by Gasteiger charge is -2.10. The molecule has 3 N–H and O–H groups in total. The van der Waals surface area contributed by atoms with Crippen LogP contribution in [0.15, 0.2) is 48.7 Å². The molecule has 0 amide bonds. The van der Waals surface area contributed by atoms with E-state index >= 15 is 0 Å². The number of aromatic nitrogens is 2. The summed E-state index contributed by atoms with van der Waals surface area (Å²) in [6.45, 7) is 2.81. The number of H-pyrrole nitrogens is 1. The van der Waals surface area contributed by atoms with E-state index in [1.807, 2.05) is 6.20 Å². The summed E-state index contributed by atoms with van der Waals surface area (Å²) in [6.07, 6.45) is 4.11. The molecule has 1 unspecified atom stereocenters. The molecule has 0 aliphatic rings. The summed E-state index contributed by atoms with van der Waals surface area (Å²) in [4.78, 5) is 8.02. The van der Waals surface area contributed by atoms with Gasteiger partial charge < -0.3 is 10.7 Å². The first kappa shape index (κ1) is 13.8. The molecule has 0 aliphatic heterocycles. The molecule has 0 saturated heterocycles. The smallest absolute Gasteiger partial charge is 0.110 e. The molecular formula is C18H21N3. The van der Waals surface area contributed by atoms with Crippen molar-refractivity contribution in [2.24, 2.45) is 5.73 Å². The van der Waals surface area contributed by atoms with E-state index in [4.69, 9.17) is 5.73 Å². The molecule has 1 heterocycles. The fourth-order valence-corrected chi connectivity index (χ4v) is 2.86. The van der Waals surface area contributed by atoms with Crippen LogP contribution in [0.4, 0.5) is 0 Å². The Labute approximate surface area is 125 Å². The molecule has 0 bridgehead atoms. The van der Waals surface area contributed by atoms with Crippen LogP contribution in [-0.2, 0) is 0 Å². The number of nitrogens with zero attached hydrogens (tertiary/aromatic N) is 1. The van der Waals surface area contributed by atoms with E-state index in [9.17, 15) is 0 Å². The first-order valence-electron chi connectivity index (χ1n) is 7.56. The van der Waals surface area contributed by atoms with E-state index in [2.05, 4.69) is 59.4 Å². The second kappa shape index (κ2) is 6.10. The van der Waals surface area contributed by atoms with Crippen molar-refractivity contribution in [1.82, 2.24) is 9.97 Å². The third-order valence-electron chi connectivity index (χ3n) is 3.98. The fourth-order valence-electron chi connectivity index (χ4n) is 2.86. The Hall–Kier alpha value is -2.13. The lowest BCUT2D eigenvalue weighted by Crippen LogP contribution is -2.13. The van der Waals surface area contributed by atoms with Crippen molar-refractivity contribution < 1.29 is 0 Å².